The van der Waals surface area contributed by atoms with Gasteiger partial charge in [-0.2, -0.15) is 0 Å². The Labute approximate surface area is 160 Å². The summed E-state index contributed by atoms with van der Waals surface area (Å²) < 4.78 is 5.90. The maximum absolute atomic E-state index is 12.9. The van der Waals surface area contributed by atoms with E-state index < -0.39 is 5.60 Å². The van der Waals surface area contributed by atoms with Gasteiger partial charge in [0.2, 0.25) is 5.91 Å². The van der Waals surface area contributed by atoms with Gasteiger partial charge in [0.05, 0.1) is 6.42 Å². The number of benzene rings is 2. The second kappa shape index (κ2) is 8.25. The number of carbonyl (C=O) groups excluding carboxylic acids is 2. The topological polar surface area (TPSA) is 49.9 Å². The molecule has 1 aliphatic heterocycles. The molecule has 2 aromatic rings. The molecular weight excluding hydrogens is 340 g/mol. The van der Waals surface area contributed by atoms with Crippen molar-refractivity contribution < 1.29 is 14.3 Å². The van der Waals surface area contributed by atoms with Crippen molar-refractivity contribution in [1.29, 1.82) is 0 Å². The number of piperazine rings is 1. The summed E-state index contributed by atoms with van der Waals surface area (Å²) in [4.78, 5) is 29.0. The van der Waals surface area contributed by atoms with Gasteiger partial charge in [0.1, 0.15) is 5.75 Å². The SMILES string of the molecule is CC(C)(Oc1ccccc1)C(=O)N1CCN(C(=O)Cc2ccccc2)CC1. The maximum Gasteiger partial charge on any atom is 0.266 e. The average Bonchev–Trinajstić information content (AvgIpc) is 2.69. The largest absolute Gasteiger partial charge is 0.478 e. The summed E-state index contributed by atoms with van der Waals surface area (Å²) in [7, 11) is 0. The van der Waals surface area contributed by atoms with Gasteiger partial charge in [-0.05, 0) is 31.5 Å². The van der Waals surface area contributed by atoms with Gasteiger partial charge in [0.25, 0.3) is 5.91 Å². The van der Waals surface area contributed by atoms with Crippen LogP contribution in [-0.4, -0.2) is 53.4 Å². The molecule has 5 nitrogen and oxygen atoms in total. The summed E-state index contributed by atoms with van der Waals surface area (Å²) in [5, 5.41) is 0. The minimum absolute atomic E-state index is 0.0542. The number of ether oxygens (including phenoxy) is 1. The molecule has 0 atom stereocenters. The zero-order chi connectivity index (χ0) is 19.3. The zero-order valence-electron chi connectivity index (χ0n) is 15.9. The van der Waals surface area contributed by atoms with Crippen molar-refractivity contribution in [2.24, 2.45) is 0 Å². The van der Waals surface area contributed by atoms with Gasteiger partial charge in [-0.15, -0.1) is 0 Å². The lowest BCUT2D eigenvalue weighted by Crippen LogP contribution is -2.56. The van der Waals surface area contributed by atoms with E-state index in [-0.39, 0.29) is 11.8 Å². The fourth-order valence-corrected chi connectivity index (χ4v) is 3.25. The van der Waals surface area contributed by atoms with Gasteiger partial charge >= 0.3 is 0 Å². The zero-order valence-corrected chi connectivity index (χ0v) is 15.9. The molecule has 0 radical (unpaired) electrons. The highest BCUT2D eigenvalue weighted by Gasteiger charge is 2.36. The van der Waals surface area contributed by atoms with Gasteiger partial charge in [0, 0.05) is 26.2 Å². The highest BCUT2D eigenvalue weighted by atomic mass is 16.5. The quantitative estimate of drug-likeness (QED) is 0.818. The summed E-state index contributed by atoms with van der Waals surface area (Å²) in [6.45, 7) is 5.74. The molecule has 2 aromatic carbocycles. The van der Waals surface area contributed by atoms with Gasteiger partial charge < -0.3 is 14.5 Å². The first kappa shape index (κ1) is 19.0. The fourth-order valence-electron chi connectivity index (χ4n) is 3.25. The average molecular weight is 366 g/mol. The van der Waals surface area contributed by atoms with E-state index in [1.807, 2.05) is 65.6 Å². The van der Waals surface area contributed by atoms with Crippen molar-refractivity contribution in [2.45, 2.75) is 25.9 Å². The van der Waals surface area contributed by atoms with E-state index in [2.05, 4.69) is 0 Å². The third-order valence-corrected chi connectivity index (χ3v) is 4.75. The van der Waals surface area contributed by atoms with Crippen LogP contribution in [0.25, 0.3) is 0 Å². The summed E-state index contributed by atoms with van der Waals surface area (Å²) in [6.07, 6.45) is 0.400. The van der Waals surface area contributed by atoms with Gasteiger partial charge in [-0.3, -0.25) is 9.59 Å². The van der Waals surface area contributed by atoms with E-state index in [0.717, 1.165) is 5.56 Å². The minimum atomic E-state index is -0.947. The van der Waals surface area contributed by atoms with Crippen LogP contribution in [0.4, 0.5) is 0 Å². The maximum atomic E-state index is 12.9. The fraction of sp³-hybridized carbons (Fsp3) is 0.364. The number of rotatable bonds is 5. The first-order valence-corrected chi connectivity index (χ1v) is 9.31. The first-order chi connectivity index (χ1) is 13.0. The molecule has 0 unspecified atom stereocenters. The lowest BCUT2D eigenvalue weighted by molar-refractivity contribution is -0.149. The number of para-hydroxylation sites is 1. The normalized spacial score (nSPS) is 14.7. The van der Waals surface area contributed by atoms with Gasteiger partial charge in [-0.25, -0.2) is 0 Å². The Kier molecular flexibility index (Phi) is 5.79. The van der Waals surface area contributed by atoms with E-state index in [9.17, 15) is 9.59 Å². The van der Waals surface area contributed by atoms with E-state index in [1.54, 1.807) is 18.7 Å². The van der Waals surface area contributed by atoms with Gasteiger partial charge in [-0.1, -0.05) is 48.5 Å². The van der Waals surface area contributed by atoms with Crippen LogP contribution >= 0.6 is 0 Å². The first-order valence-electron chi connectivity index (χ1n) is 9.31. The molecule has 0 bridgehead atoms. The Morgan fingerprint density at radius 3 is 1.96 bits per heavy atom. The number of nitrogens with zero attached hydrogens (tertiary/aromatic N) is 2. The summed E-state index contributed by atoms with van der Waals surface area (Å²) in [5.74, 6) is 0.724. The number of amides is 2. The molecule has 2 amide bonds. The molecule has 0 aromatic heterocycles. The lowest BCUT2D eigenvalue weighted by atomic mass is 10.1. The lowest BCUT2D eigenvalue weighted by Gasteiger charge is -2.38. The molecule has 0 aliphatic carbocycles. The highest BCUT2D eigenvalue weighted by molar-refractivity contribution is 5.85. The van der Waals surface area contributed by atoms with E-state index in [1.165, 1.54) is 0 Å². The molecule has 1 aliphatic rings. The second-order valence-corrected chi connectivity index (χ2v) is 7.26. The summed E-state index contributed by atoms with van der Waals surface area (Å²) >= 11 is 0. The van der Waals surface area contributed by atoms with Gasteiger partial charge in [0.15, 0.2) is 5.60 Å². The van der Waals surface area contributed by atoms with Crippen LogP contribution in [0.5, 0.6) is 5.75 Å². The molecule has 142 valence electrons. The molecule has 0 saturated carbocycles. The van der Waals surface area contributed by atoms with Crippen molar-refractivity contribution in [2.75, 3.05) is 26.2 Å². The predicted molar refractivity (Wildman–Crippen MR) is 104 cm³/mol. The molecular formula is C22H26N2O3. The van der Waals surface area contributed by atoms with Crippen LogP contribution in [0.15, 0.2) is 60.7 Å². The van der Waals surface area contributed by atoms with Crippen LogP contribution in [0.3, 0.4) is 0 Å². The van der Waals surface area contributed by atoms with Crippen LogP contribution in [0, 0.1) is 0 Å². The van der Waals surface area contributed by atoms with Crippen LogP contribution in [0.1, 0.15) is 19.4 Å². The van der Waals surface area contributed by atoms with Crippen molar-refractivity contribution in [1.82, 2.24) is 9.80 Å². The van der Waals surface area contributed by atoms with E-state index >= 15 is 0 Å². The Morgan fingerprint density at radius 2 is 1.37 bits per heavy atom. The smallest absolute Gasteiger partial charge is 0.266 e. The van der Waals surface area contributed by atoms with Crippen molar-refractivity contribution >= 4 is 11.8 Å². The summed E-state index contributed by atoms with van der Waals surface area (Å²) in [6, 6.07) is 19.1. The van der Waals surface area contributed by atoms with Crippen LogP contribution in [0.2, 0.25) is 0 Å². The molecule has 0 spiro atoms. The summed E-state index contributed by atoms with van der Waals surface area (Å²) in [5.41, 5.74) is 0.0656. The van der Waals surface area contributed by atoms with Crippen LogP contribution in [-0.2, 0) is 16.0 Å². The Balaban J connectivity index is 1.53. The monoisotopic (exact) mass is 366 g/mol. The molecule has 1 saturated heterocycles. The molecule has 27 heavy (non-hydrogen) atoms. The van der Waals surface area contributed by atoms with E-state index in [0.29, 0.717) is 38.3 Å². The third kappa shape index (κ3) is 4.88. The van der Waals surface area contributed by atoms with Crippen molar-refractivity contribution in [3.05, 3.63) is 66.2 Å². The number of hydrogen-bond donors (Lipinski definition) is 0. The standard InChI is InChI=1S/C22H26N2O3/c1-22(2,27-19-11-7-4-8-12-19)21(26)24-15-13-23(14-16-24)20(25)17-18-9-5-3-6-10-18/h3-12H,13-17H2,1-2H3. The minimum Gasteiger partial charge on any atom is -0.478 e. The number of hydrogen-bond acceptors (Lipinski definition) is 3. The Hall–Kier alpha value is -2.82. The predicted octanol–water partition coefficient (Wildman–Crippen LogP) is 2.76. The molecule has 0 N–H and O–H groups in total. The van der Waals surface area contributed by atoms with Crippen LogP contribution < -0.4 is 4.74 Å². The number of carbonyl (C=O) groups is 2. The second-order valence-electron chi connectivity index (χ2n) is 7.26. The van der Waals surface area contributed by atoms with Crippen molar-refractivity contribution in [3.8, 4) is 5.75 Å². The molecule has 1 heterocycles. The van der Waals surface area contributed by atoms with E-state index in [4.69, 9.17) is 4.74 Å². The molecule has 3 rings (SSSR count). The third-order valence-electron chi connectivity index (χ3n) is 4.75. The Morgan fingerprint density at radius 1 is 0.852 bits per heavy atom. The molecule has 5 heteroatoms. The Bertz CT molecular complexity index is 767. The molecule has 1 fully saturated rings. The van der Waals surface area contributed by atoms with Crippen molar-refractivity contribution in [3.63, 3.8) is 0 Å². The highest BCUT2D eigenvalue weighted by Crippen LogP contribution is 2.21.